The van der Waals surface area contributed by atoms with Crippen molar-refractivity contribution in [2.24, 2.45) is 5.92 Å². The number of hydrogen-bond donors (Lipinski definition) is 1. The zero-order valence-corrected chi connectivity index (χ0v) is 17.8. The average Bonchev–Trinajstić information content (AvgIpc) is 2.70. The summed E-state index contributed by atoms with van der Waals surface area (Å²) in [7, 11) is 1.37. The van der Waals surface area contributed by atoms with Crippen molar-refractivity contribution in [2.45, 2.75) is 38.1 Å². The third kappa shape index (κ3) is 4.75. The number of alkyl halides is 3. The van der Waals surface area contributed by atoms with Gasteiger partial charge in [0.15, 0.2) is 0 Å². The van der Waals surface area contributed by atoms with Gasteiger partial charge in [0, 0.05) is 30.7 Å². The van der Waals surface area contributed by atoms with Gasteiger partial charge in [-0.05, 0) is 25.0 Å². The lowest BCUT2D eigenvalue weighted by Gasteiger charge is -2.27. The highest BCUT2D eigenvalue weighted by Crippen LogP contribution is 2.42. The van der Waals surface area contributed by atoms with E-state index in [-0.39, 0.29) is 33.9 Å². The van der Waals surface area contributed by atoms with E-state index in [0.29, 0.717) is 0 Å². The first kappa shape index (κ1) is 24.1. The number of hydrogen-bond acceptors (Lipinski definition) is 4. The van der Waals surface area contributed by atoms with Crippen LogP contribution in [0, 0.1) is 11.7 Å². The Morgan fingerprint density at radius 3 is 2.69 bits per heavy atom. The minimum atomic E-state index is -4.63. The molecule has 0 spiro atoms. The molecule has 0 aliphatic carbocycles. The van der Waals surface area contributed by atoms with Gasteiger partial charge < -0.3 is 14.6 Å². The van der Waals surface area contributed by atoms with E-state index in [1.807, 2.05) is 0 Å². The minimum absolute atomic E-state index is 0.0127. The number of ether oxygens (including phenoxy) is 2. The summed E-state index contributed by atoms with van der Waals surface area (Å²) in [4.78, 5) is 24.6. The number of carbonyl (C=O) groups is 1. The second kappa shape index (κ2) is 9.11. The van der Waals surface area contributed by atoms with E-state index in [9.17, 15) is 32.3 Å². The fraction of sp³-hybridized carbons (Fsp3) is 0.429. The third-order valence-electron chi connectivity index (χ3n) is 5.44. The van der Waals surface area contributed by atoms with Crippen molar-refractivity contribution in [1.82, 2.24) is 4.57 Å². The van der Waals surface area contributed by atoms with Crippen molar-refractivity contribution in [1.29, 1.82) is 0 Å². The number of aromatic nitrogens is 1. The fourth-order valence-corrected chi connectivity index (χ4v) is 3.76. The zero-order valence-electron chi connectivity index (χ0n) is 17.1. The van der Waals surface area contributed by atoms with Gasteiger partial charge in [0.25, 0.3) is 5.56 Å². The van der Waals surface area contributed by atoms with Crippen LogP contribution in [0.15, 0.2) is 29.2 Å². The van der Waals surface area contributed by atoms with E-state index in [2.05, 4.69) is 0 Å². The van der Waals surface area contributed by atoms with Crippen molar-refractivity contribution in [3.05, 3.63) is 51.2 Å². The number of halogens is 5. The van der Waals surface area contributed by atoms with Crippen LogP contribution < -0.4 is 10.3 Å². The quantitative estimate of drug-likeness (QED) is 0.643. The molecule has 0 bridgehead atoms. The average molecular weight is 478 g/mol. The standard InChI is InChI=1S/C21H20ClF4NO5/c1-10(31-2)5-15(20(29)30)27-8-16-13(7-17(27)28)18-11(3-4-14(22)19(18)23)6-12(9-32-16)21(24,25)26/h3-4,7-8,10,12,15H,5-6,9H2,1-2H3,(H,29,30)/t10-,12-,15?/m1/s1. The number of nitrogens with zero attached hydrogens (tertiary/aromatic N) is 1. The number of benzene rings is 1. The summed E-state index contributed by atoms with van der Waals surface area (Å²) < 4.78 is 66.8. The predicted molar refractivity (Wildman–Crippen MR) is 108 cm³/mol. The first-order valence-corrected chi connectivity index (χ1v) is 10.00. The van der Waals surface area contributed by atoms with Gasteiger partial charge >= 0.3 is 12.1 Å². The van der Waals surface area contributed by atoms with E-state index in [0.717, 1.165) is 22.9 Å². The van der Waals surface area contributed by atoms with E-state index in [1.54, 1.807) is 6.92 Å². The highest BCUT2D eigenvalue weighted by molar-refractivity contribution is 6.31. The molecule has 0 fully saturated rings. The van der Waals surface area contributed by atoms with Crippen LogP contribution in [0.4, 0.5) is 17.6 Å². The summed E-state index contributed by atoms with van der Waals surface area (Å²) in [5.41, 5.74) is -1.14. The van der Waals surface area contributed by atoms with E-state index >= 15 is 0 Å². The molecule has 6 nitrogen and oxygen atoms in total. The zero-order chi connectivity index (χ0) is 23.8. The molecule has 32 heavy (non-hydrogen) atoms. The largest absolute Gasteiger partial charge is 0.491 e. The molecule has 0 amide bonds. The van der Waals surface area contributed by atoms with Crippen molar-refractivity contribution in [3.63, 3.8) is 0 Å². The van der Waals surface area contributed by atoms with Crippen molar-refractivity contribution in [3.8, 4) is 16.9 Å². The Morgan fingerprint density at radius 2 is 2.09 bits per heavy atom. The summed E-state index contributed by atoms with van der Waals surface area (Å²) >= 11 is 5.86. The van der Waals surface area contributed by atoms with Gasteiger partial charge in [-0.1, -0.05) is 17.7 Å². The maximum atomic E-state index is 14.9. The van der Waals surface area contributed by atoms with Crippen LogP contribution in [0.2, 0.25) is 5.02 Å². The maximum Gasteiger partial charge on any atom is 0.395 e. The van der Waals surface area contributed by atoms with E-state index < -0.39 is 54.6 Å². The second-order valence-electron chi connectivity index (χ2n) is 7.58. The summed E-state index contributed by atoms with van der Waals surface area (Å²) in [6, 6.07) is 2.01. The molecule has 0 saturated carbocycles. The highest BCUT2D eigenvalue weighted by atomic mass is 35.5. The van der Waals surface area contributed by atoms with Crippen LogP contribution in [-0.4, -0.2) is 41.6 Å². The van der Waals surface area contributed by atoms with Crippen molar-refractivity contribution < 1.29 is 36.9 Å². The lowest BCUT2D eigenvalue weighted by molar-refractivity contribution is -0.181. The van der Waals surface area contributed by atoms with Crippen LogP contribution >= 0.6 is 11.6 Å². The Morgan fingerprint density at radius 1 is 1.41 bits per heavy atom. The topological polar surface area (TPSA) is 77.8 Å². The van der Waals surface area contributed by atoms with Gasteiger partial charge in [0.2, 0.25) is 0 Å². The van der Waals surface area contributed by atoms with Crippen LogP contribution in [0.5, 0.6) is 5.75 Å². The Balaban J connectivity index is 2.22. The van der Waals surface area contributed by atoms with E-state index in [1.165, 1.54) is 13.2 Å². The molecule has 0 radical (unpaired) electrons. The van der Waals surface area contributed by atoms with Gasteiger partial charge in [-0.2, -0.15) is 13.2 Å². The lowest BCUT2D eigenvalue weighted by Crippen LogP contribution is -2.34. The molecule has 1 N–H and O–H groups in total. The first-order chi connectivity index (χ1) is 14.9. The highest BCUT2D eigenvalue weighted by Gasteiger charge is 2.42. The smallest absolute Gasteiger partial charge is 0.395 e. The number of aliphatic carboxylic acids is 1. The molecule has 3 rings (SSSR count). The Kier molecular flexibility index (Phi) is 6.85. The van der Waals surface area contributed by atoms with Gasteiger partial charge in [0.1, 0.15) is 24.2 Å². The Bertz CT molecular complexity index is 1090. The lowest BCUT2D eigenvalue weighted by atomic mass is 9.90. The Labute approximate surface area is 185 Å². The Hall–Kier alpha value is -2.59. The molecule has 2 heterocycles. The number of fused-ring (bicyclic) bond motifs is 3. The third-order valence-corrected chi connectivity index (χ3v) is 5.73. The molecule has 174 valence electrons. The van der Waals surface area contributed by atoms with Gasteiger partial charge in [-0.3, -0.25) is 9.36 Å². The fourth-order valence-electron chi connectivity index (χ4n) is 3.60. The number of carboxylic acids is 1. The van der Waals surface area contributed by atoms with Gasteiger partial charge in [0.05, 0.1) is 23.2 Å². The van der Waals surface area contributed by atoms with E-state index in [4.69, 9.17) is 21.1 Å². The van der Waals surface area contributed by atoms with Crippen molar-refractivity contribution >= 4 is 17.6 Å². The molecule has 1 aliphatic heterocycles. The molecule has 2 aromatic rings. The molecule has 3 atom stereocenters. The predicted octanol–water partition coefficient (Wildman–Crippen LogP) is 4.47. The molecule has 1 unspecified atom stereocenters. The maximum absolute atomic E-state index is 14.9. The summed E-state index contributed by atoms with van der Waals surface area (Å²) in [5, 5.41) is 9.27. The summed E-state index contributed by atoms with van der Waals surface area (Å²) in [6.45, 7) is 0.817. The normalized spacial score (nSPS) is 17.9. The molecule has 1 aromatic heterocycles. The van der Waals surface area contributed by atoms with Crippen LogP contribution in [-0.2, 0) is 16.0 Å². The van der Waals surface area contributed by atoms with Crippen LogP contribution in [0.25, 0.3) is 11.1 Å². The van der Waals surface area contributed by atoms with Crippen LogP contribution in [0.1, 0.15) is 24.9 Å². The van der Waals surface area contributed by atoms with Crippen LogP contribution in [0.3, 0.4) is 0 Å². The monoisotopic (exact) mass is 477 g/mol. The van der Waals surface area contributed by atoms with Gasteiger partial charge in [-0.15, -0.1) is 0 Å². The molecule has 1 aliphatic rings. The van der Waals surface area contributed by atoms with Gasteiger partial charge in [-0.25, -0.2) is 9.18 Å². The molecule has 11 heteroatoms. The first-order valence-electron chi connectivity index (χ1n) is 9.62. The molecule has 0 saturated heterocycles. The molecule has 1 aromatic carbocycles. The minimum Gasteiger partial charge on any atom is -0.491 e. The summed E-state index contributed by atoms with van der Waals surface area (Å²) in [5.74, 6) is -4.53. The molecular formula is C21H20ClF4NO5. The SMILES string of the molecule is CO[C@H](C)CC(C(=O)O)n1cc2c(cc1=O)-c1c(ccc(Cl)c1F)C[C@@H](C(F)(F)F)CO2. The second-order valence-corrected chi connectivity index (χ2v) is 7.99. The number of rotatable bonds is 5. The molecular weight excluding hydrogens is 458 g/mol. The number of methoxy groups -OCH3 is 1. The number of pyridine rings is 1. The van der Waals surface area contributed by atoms with Crippen molar-refractivity contribution in [2.75, 3.05) is 13.7 Å². The number of carboxylic acid groups (broad SMARTS) is 1. The summed E-state index contributed by atoms with van der Waals surface area (Å²) in [6.07, 6.45) is -4.82.